The maximum atomic E-state index is 13.2. The minimum Gasteiger partial charge on any atom is -0.465 e. The Hall–Kier alpha value is -4.25. The number of hydrogen-bond donors (Lipinski definition) is 1. The Balaban J connectivity index is 1.44. The first-order valence-corrected chi connectivity index (χ1v) is 10.1. The van der Waals surface area contributed by atoms with Crippen molar-refractivity contribution < 1.29 is 13.9 Å². The van der Waals surface area contributed by atoms with E-state index in [1.165, 1.54) is 24.4 Å². The normalized spacial score (nSPS) is 10.9. The predicted molar refractivity (Wildman–Crippen MR) is 124 cm³/mol. The number of rotatable bonds is 7. The smallest absolute Gasteiger partial charge is 0.248 e. The average Bonchev–Trinajstić information content (AvgIpc) is 2.83. The summed E-state index contributed by atoms with van der Waals surface area (Å²) in [6, 6.07) is 29.3. The van der Waals surface area contributed by atoms with Gasteiger partial charge < -0.3 is 10.1 Å². The van der Waals surface area contributed by atoms with Crippen LogP contribution in [0.15, 0.2) is 109 Å². The fourth-order valence-corrected chi connectivity index (χ4v) is 3.19. The first-order chi connectivity index (χ1) is 15.7. The topological polar surface area (TPSA) is 51.2 Å². The average molecular weight is 424 g/mol. The molecule has 0 radical (unpaired) electrons. The Morgan fingerprint density at radius 3 is 2.16 bits per heavy atom. The van der Waals surface area contributed by atoms with Gasteiger partial charge in [-0.3, -0.25) is 4.79 Å². The van der Waals surface area contributed by atoms with E-state index in [2.05, 4.69) is 10.3 Å². The van der Waals surface area contributed by atoms with Crippen LogP contribution in [0.4, 0.5) is 10.1 Å². The highest BCUT2D eigenvalue weighted by molar-refractivity contribution is 6.01. The molecule has 4 aromatic rings. The molecule has 0 aliphatic rings. The zero-order chi connectivity index (χ0) is 22.2. The van der Waals surface area contributed by atoms with E-state index in [0.29, 0.717) is 17.1 Å². The monoisotopic (exact) mass is 424 g/mol. The summed E-state index contributed by atoms with van der Waals surface area (Å²) in [6.07, 6.45) is 4.13. The summed E-state index contributed by atoms with van der Waals surface area (Å²) in [5, 5.41) is 2.73. The molecule has 0 aliphatic carbocycles. The molecule has 0 atom stereocenters. The van der Waals surface area contributed by atoms with Crippen molar-refractivity contribution in [3.8, 4) is 5.88 Å². The predicted octanol–water partition coefficient (Wildman–Crippen LogP) is 6.04. The molecule has 4 rings (SSSR count). The number of benzene rings is 3. The summed E-state index contributed by atoms with van der Waals surface area (Å²) in [4.78, 5) is 16.5. The van der Waals surface area contributed by atoms with E-state index in [1.807, 2.05) is 60.7 Å². The highest BCUT2D eigenvalue weighted by Gasteiger charge is 2.16. The van der Waals surface area contributed by atoms with Crippen molar-refractivity contribution >= 4 is 17.7 Å². The van der Waals surface area contributed by atoms with Crippen molar-refractivity contribution in [2.75, 3.05) is 5.32 Å². The lowest BCUT2D eigenvalue weighted by molar-refractivity contribution is -0.111. The zero-order valence-electron chi connectivity index (χ0n) is 17.2. The molecule has 1 aromatic heterocycles. The second-order valence-electron chi connectivity index (χ2n) is 7.08. The minimum absolute atomic E-state index is 0.306. The van der Waals surface area contributed by atoms with Crippen LogP contribution in [0.5, 0.6) is 5.88 Å². The molecule has 0 bridgehead atoms. The molecule has 0 unspecified atom stereocenters. The lowest BCUT2D eigenvalue weighted by Gasteiger charge is -2.19. The summed E-state index contributed by atoms with van der Waals surface area (Å²) < 4.78 is 19.4. The Kier molecular flexibility index (Phi) is 6.68. The van der Waals surface area contributed by atoms with Gasteiger partial charge in [0.25, 0.3) is 0 Å². The van der Waals surface area contributed by atoms with Gasteiger partial charge in [0, 0.05) is 12.1 Å². The largest absolute Gasteiger partial charge is 0.465 e. The number of halogens is 1. The van der Waals surface area contributed by atoms with Crippen LogP contribution >= 0.6 is 0 Å². The van der Waals surface area contributed by atoms with Gasteiger partial charge in [-0.25, -0.2) is 9.37 Å². The molecule has 1 heterocycles. The van der Waals surface area contributed by atoms with Crippen LogP contribution in [0.2, 0.25) is 0 Å². The van der Waals surface area contributed by atoms with Gasteiger partial charge in [0.1, 0.15) is 5.82 Å². The lowest BCUT2D eigenvalue weighted by Crippen LogP contribution is -2.11. The Labute approximate surface area is 186 Å². The summed E-state index contributed by atoms with van der Waals surface area (Å²) in [6.45, 7) is 0. The SMILES string of the molecule is O=C(/C=C/c1cccc(F)c1)Nc1ccc(OC(c2ccccc2)c2ccccc2)nc1. The molecule has 0 fully saturated rings. The number of ether oxygens (including phenoxy) is 1. The molecule has 3 aromatic carbocycles. The summed E-state index contributed by atoms with van der Waals surface area (Å²) in [7, 11) is 0. The molecule has 1 amide bonds. The van der Waals surface area contributed by atoms with Crippen LogP contribution in [-0.2, 0) is 4.79 Å². The third-order valence-electron chi connectivity index (χ3n) is 4.72. The molecule has 1 N–H and O–H groups in total. The first kappa shape index (κ1) is 21.0. The van der Waals surface area contributed by atoms with Gasteiger partial charge in [0.05, 0.1) is 11.9 Å². The molecule has 4 nitrogen and oxygen atoms in total. The van der Waals surface area contributed by atoms with Gasteiger partial charge in [0.2, 0.25) is 11.8 Å². The van der Waals surface area contributed by atoms with Crippen molar-refractivity contribution in [2.45, 2.75) is 6.10 Å². The van der Waals surface area contributed by atoms with Crippen LogP contribution in [0.25, 0.3) is 6.08 Å². The number of carbonyl (C=O) groups excluding carboxylic acids is 1. The second-order valence-corrected chi connectivity index (χ2v) is 7.08. The minimum atomic E-state index is -0.350. The quantitative estimate of drug-likeness (QED) is 0.368. The van der Waals surface area contributed by atoms with E-state index < -0.39 is 0 Å². The van der Waals surface area contributed by atoms with Crippen LogP contribution in [0.1, 0.15) is 22.8 Å². The fraction of sp³-hybridized carbons (Fsp3) is 0.0370. The van der Waals surface area contributed by atoms with Crippen LogP contribution in [0, 0.1) is 5.82 Å². The second kappa shape index (κ2) is 10.2. The highest BCUT2D eigenvalue weighted by Crippen LogP contribution is 2.27. The van der Waals surface area contributed by atoms with Gasteiger partial charge in [-0.2, -0.15) is 0 Å². The van der Waals surface area contributed by atoms with Crippen LogP contribution < -0.4 is 10.1 Å². The van der Waals surface area contributed by atoms with Crippen molar-refractivity contribution in [3.05, 3.63) is 132 Å². The van der Waals surface area contributed by atoms with Crippen LogP contribution in [0.3, 0.4) is 0 Å². The first-order valence-electron chi connectivity index (χ1n) is 10.1. The molecule has 32 heavy (non-hydrogen) atoms. The number of carbonyl (C=O) groups is 1. The molecular formula is C27H21FN2O2. The number of aromatic nitrogens is 1. The molecule has 5 heteroatoms. The van der Waals surface area contributed by atoms with E-state index in [1.54, 1.807) is 30.3 Å². The number of nitrogens with zero attached hydrogens (tertiary/aromatic N) is 1. The number of nitrogens with one attached hydrogen (secondary N) is 1. The van der Waals surface area contributed by atoms with Crippen LogP contribution in [-0.4, -0.2) is 10.9 Å². The number of hydrogen-bond acceptors (Lipinski definition) is 3. The molecule has 0 saturated heterocycles. The van der Waals surface area contributed by atoms with E-state index in [0.717, 1.165) is 11.1 Å². The van der Waals surface area contributed by atoms with E-state index in [-0.39, 0.29) is 17.8 Å². The van der Waals surface area contributed by atoms with Crippen molar-refractivity contribution in [1.29, 1.82) is 0 Å². The van der Waals surface area contributed by atoms with Crippen molar-refractivity contribution in [1.82, 2.24) is 4.98 Å². The van der Waals surface area contributed by atoms with Gasteiger partial charge in [-0.15, -0.1) is 0 Å². The Morgan fingerprint density at radius 1 is 0.875 bits per heavy atom. The Bertz CT molecular complexity index is 1150. The highest BCUT2D eigenvalue weighted by atomic mass is 19.1. The third kappa shape index (κ3) is 5.67. The maximum absolute atomic E-state index is 13.2. The van der Waals surface area contributed by atoms with Crippen molar-refractivity contribution in [3.63, 3.8) is 0 Å². The number of pyridine rings is 1. The molecule has 158 valence electrons. The van der Waals surface area contributed by atoms with Gasteiger partial charge in [-0.1, -0.05) is 72.8 Å². The molecule has 0 aliphatic heterocycles. The molecule has 0 spiro atoms. The third-order valence-corrected chi connectivity index (χ3v) is 4.72. The Morgan fingerprint density at radius 2 is 1.56 bits per heavy atom. The molecule has 0 saturated carbocycles. The number of amides is 1. The van der Waals surface area contributed by atoms with E-state index in [9.17, 15) is 9.18 Å². The summed E-state index contributed by atoms with van der Waals surface area (Å²) in [5.74, 6) is -0.246. The maximum Gasteiger partial charge on any atom is 0.248 e. The van der Waals surface area contributed by atoms with Crippen molar-refractivity contribution in [2.24, 2.45) is 0 Å². The summed E-state index contributed by atoms with van der Waals surface area (Å²) in [5.41, 5.74) is 3.16. The molecular weight excluding hydrogens is 403 g/mol. The lowest BCUT2D eigenvalue weighted by atomic mass is 10.0. The standard InChI is InChI=1S/C27H21FN2O2/c28-23-13-7-8-20(18-23)14-16-25(31)30-24-15-17-26(29-19-24)32-27(21-9-3-1-4-10-21)22-11-5-2-6-12-22/h1-19,27H,(H,30,31)/b16-14+. The van der Waals surface area contributed by atoms with Gasteiger partial charge in [-0.05, 0) is 41.0 Å². The zero-order valence-corrected chi connectivity index (χ0v) is 17.2. The number of anilines is 1. The van der Waals surface area contributed by atoms with Gasteiger partial charge >= 0.3 is 0 Å². The van der Waals surface area contributed by atoms with Gasteiger partial charge in [0.15, 0.2) is 6.10 Å². The fourth-order valence-electron chi connectivity index (χ4n) is 3.19. The van der Waals surface area contributed by atoms with E-state index in [4.69, 9.17) is 4.74 Å². The van der Waals surface area contributed by atoms with E-state index >= 15 is 0 Å². The summed E-state index contributed by atoms with van der Waals surface area (Å²) >= 11 is 0.